The van der Waals surface area contributed by atoms with Gasteiger partial charge in [-0.05, 0) is 35.7 Å². The van der Waals surface area contributed by atoms with E-state index in [1.165, 1.54) is 12.1 Å². The Morgan fingerprint density at radius 2 is 1.95 bits per heavy atom. The monoisotopic (exact) mass is 272 g/mol. The second kappa shape index (κ2) is 5.82. The summed E-state index contributed by atoms with van der Waals surface area (Å²) in [5, 5.41) is 0. The highest BCUT2D eigenvalue weighted by atomic mass is 19.1. The summed E-state index contributed by atoms with van der Waals surface area (Å²) in [4.78, 5) is 15.6. The van der Waals surface area contributed by atoms with Crippen LogP contribution in [0.3, 0.4) is 0 Å². The summed E-state index contributed by atoms with van der Waals surface area (Å²) in [6.45, 7) is 1.99. The van der Waals surface area contributed by atoms with Gasteiger partial charge in [0.2, 0.25) is 5.91 Å². The van der Waals surface area contributed by atoms with Gasteiger partial charge in [-0.25, -0.2) is 4.39 Å². The highest BCUT2D eigenvalue weighted by Gasteiger charge is 2.34. The quantitative estimate of drug-likeness (QED) is 0.910. The Hall–Kier alpha value is -2.23. The van der Waals surface area contributed by atoms with E-state index in [9.17, 15) is 9.18 Å². The zero-order valence-electron chi connectivity index (χ0n) is 11.3. The summed E-state index contributed by atoms with van der Waals surface area (Å²) in [5.41, 5.74) is 6.64. The largest absolute Gasteiger partial charge is 0.370 e. The van der Waals surface area contributed by atoms with E-state index < -0.39 is 5.41 Å². The van der Waals surface area contributed by atoms with Gasteiger partial charge in [0.25, 0.3) is 0 Å². The number of rotatable bonds is 5. The minimum absolute atomic E-state index is 0.167. The van der Waals surface area contributed by atoms with Gasteiger partial charge in [0.15, 0.2) is 0 Å². The highest BCUT2D eigenvalue weighted by Crippen LogP contribution is 2.38. The first kappa shape index (κ1) is 14.2. The lowest BCUT2D eigenvalue weighted by Crippen LogP contribution is -2.33. The summed E-state index contributed by atoms with van der Waals surface area (Å²) >= 11 is 0. The van der Waals surface area contributed by atoms with Gasteiger partial charge in [-0.1, -0.05) is 25.1 Å². The van der Waals surface area contributed by atoms with Crippen LogP contribution in [-0.4, -0.2) is 10.9 Å². The Kier molecular flexibility index (Phi) is 4.13. The normalized spacial score (nSPS) is 13.7. The zero-order chi connectivity index (χ0) is 14.6. The van der Waals surface area contributed by atoms with E-state index in [2.05, 4.69) is 4.98 Å². The molecule has 0 aliphatic heterocycles. The molecule has 0 saturated carbocycles. The number of carbonyl (C=O) groups excluding carboxylic acids is 1. The molecular formula is C16H17FN2O. The van der Waals surface area contributed by atoms with Crippen LogP contribution in [0.2, 0.25) is 0 Å². The Labute approximate surface area is 117 Å². The van der Waals surface area contributed by atoms with E-state index in [4.69, 9.17) is 5.73 Å². The topological polar surface area (TPSA) is 56.0 Å². The molecule has 0 fully saturated rings. The maximum absolute atomic E-state index is 13.1. The zero-order valence-corrected chi connectivity index (χ0v) is 11.3. The van der Waals surface area contributed by atoms with Crippen molar-refractivity contribution in [1.29, 1.82) is 0 Å². The number of benzene rings is 1. The maximum atomic E-state index is 13.1. The number of nitrogens with two attached hydrogens (primary N) is 1. The highest BCUT2D eigenvalue weighted by molar-refractivity contribution is 5.76. The molecule has 3 nitrogen and oxygen atoms in total. The number of carbonyl (C=O) groups is 1. The lowest BCUT2D eigenvalue weighted by Gasteiger charge is -2.32. The molecule has 0 aliphatic carbocycles. The Morgan fingerprint density at radius 1 is 1.25 bits per heavy atom. The van der Waals surface area contributed by atoms with E-state index in [0.29, 0.717) is 6.42 Å². The van der Waals surface area contributed by atoms with Gasteiger partial charge >= 0.3 is 0 Å². The van der Waals surface area contributed by atoms with Crippen molar-refractivity contribution in [3.63, 3.8) is 0 Å². The number of pyridine rings is 1. The average molecular weight is 272 g/mol. The maximum Gasteiger partial charge on any atom is 0.218 e. The van der Waals surface area contributed by atoms with Crippen LogP contribution in [0.4, 0.5) is 4.39 Å². The van der Waals surface area contributed by atoms with Crippen molar-refractivity contribution in [3.8, 4) is 0 Å². The van der Waals surface area contributed by atoms with Crippen LogP contribution in [0.15, 0.2) is 48.8 Å². The molecule has 0 spiro atoms. The van der Waals surface area contributed by atoms with Crippen LogP contribution in [0.5, 0.6) is 0 Å². The minimum Gasteiger partial charge on any atom is -0.370 e. The fraction of sp³-hybridized carbons (Fsp3) is 0.250. The van der Waals surface area contributed by atoms with Crippen molar-refractivity contribution < 1.29 is 9.18 Å². The first-order valence-electron chi connectivity index (χ1n) is 6.53. The fourth-order valence-electron chi connectivity index (χ4n) is 2.62. The standard InChI is InChI=1S/C16H17FN2O/c1-2-16(10-15(18)20,13-4-3-9-19-11-13)12-5-7-14(17)8-6-12/h3-9,11H,2,10H2,1H3,(H2,18,20). The van der Waals surface area contributed by atoms with Crippen molar-refractivity contribution >= 4 is 5.91 Å². The van der Waals surface area contributed by atoms with E-state index in [-0.39, 0.29) is 18.1 Å². The van der Waals surface area contributed by atoms with Gasteiger partial charge in [-0.3, -0.25) is 9.78 Å². The number of halogens is 1. The molecule has 1 heterocycles. The average Bonchev–Trinajstić information content (AvgIpc) is 2.46. The number of amides is 1. The van der Waals surface area contributed by atoms with Gasteiger partial charge in [0.05, 0.1) is 0 Å². The SMILES string of the molecule is CCC(CC(N)=O)(c1ccc(F)cc1)c1cccnc1. The molecule has 4 heteroatoms. The van der Waals surface area contributed by atoms with Gasteiger partial charge in [0.1, 0.15) is 5.82 Å². The Balaban J connectivity index is 2.58. The van der Waals surface area contributed by atoms with Crippen LogP contribution >= 0.6 is 0 Å². The van der Waals surface area contributed by atoms with Crippen LogP contribution in [-0.2, 0) is 10.2 Å². The number of hydrogen-bond acceptors (Lipinski definition) is 2. The van der Waals surface area contributed by atoms with E-state index in [0.717, 1.165) is 11.1 Å². The molecule has 2 rings (SSSR count). The second-order valence-electron chi connectivity index (χ2n) is 4.83. The van der Waals surface area contributed by atoms with Crippen LogP contribution in [0.25, 0.3) is 0 Å². The number of nitrogens with zero attached hydrogens (tertiary/aromatic N) is 1. The van der Waals surface area contributed by atoms with Gasteiger partial charge in [-0.15, -0.1) is 0 Å². The summed E-state index contributed by atoms with van der Waals surface area (Å²) in [6, 6.07) is 9.95. The molecule has 1 aromatic heterocycles. The molecule has 0 radical (unpaired) electrons. The summed E-state index contributed by atoms with van der Waals surface area (Å²) in [5.74, 6) is -0.691. The molecule has 104 valence electrons. The third kappa shape index (κ3) is 2.69. The van der Waals surface area contributed by atoms with Crippen molar-refractivity contribution in [2.75, 3.05) is 0 Å². The van der Waals surface area contributed by atoms with Gasteiger partial charge in [-0.2, -0.15) is 0 Å². The van der Waals surface area contributed by atoms with Gasteiger partial charge < -0.3 is 5.73 Å². The van der Waals surface area contributed by atoms with Crippen LogP contribution < -0.4 is 5.73 Å². The molecule has 2 N–H and O–H groups in total. The fourth-order valence-corrected chi connectivity index (χ4v) is 2.62. The van der Waals surface area contributed by atoms with E-state index >= 15 is 0 Å². The Morgan fingerprint density at radius 3 is 2.45 bits per heavy atom. The molecule has 0 bridgehead atoms. The molecule has 20 heavy (non-hydrogen) atoms. The summed E-state index contributed by atoms with van der Waals surface area (Å²) in [7, 11) is 0. The van der Waals surface area contributed by atoms with Crippen molar-refractivity contribution in [3.05, 3.63) is 65.7 Å². The molecule has 0 aliphatic rings. The first-order valence-corrected chi connectivity index (χ1v) is 6.53. The lowest BCUT2D eigenvalue weighted by molar-refractivity contribution is -0.119. The first-order chi connectivity index (χ1) is 9.58. The number of primary amides is 1. The molecule has 1 atom stereocenters. The van der Waals surface area contributed by atoms with Gasteiger partial charge in [0, 0.05) is 24.2 Å². The second-order valence-corrected chi connectivity index (χ2v) is 4.83. The number of hydrogen-bond donors (Lipinski definition) is 1. The molecule has 1 unspecified atom stereocenters. The van der Waals surface area contributed by atoms with Crippen LogP contribution in [0.1, 0.15) is 30.9 Å². The summed E-state index contributed by atoms with van der Waals surface area (Å²) in [6.07, 6.45) is 4.25. The molecule has 2 aromatic rings. The third-order valence-electron chi connectivity index (χ3n) is 3.69. The summed E-state index contributed by atoms with van der Waals surface area (Å²) < 4.78 is 13.1. The predicted molar refractivity (Wildman–Crippen MR) is 75.5 cm³/mol. The molecule has 0 saturated heterocycles. The van der Waals surface area contributed by atoms with E-state index in [1.54, 1.807) is 24.5 Å². The minimum atomic E-state index is -0.562. The number of aromatic nitrogens is 1. The van der Waals surface area contributed by atoms with E-state index in [1.807, 2.05) is 19.1 Å². The Bertz CT molecular complexity index is 583. The molecule has 1 amide bonds. The molecular weight excluding hydrogens is 255 g/mol. The van der Waals surface area contributed by atoms with Crippen LogP contribution in [0, 0.1) is 5.82 Å². The third-order valence-corrected chi connectivity index (χ3v) is 3.69. The predicted octanol–water partition coefficient (Wildman–Crippen LogP) is 2.79. The van der Waals surface area contributed by atoms with Crippen molar-refractivity contribution in [1.82, 2.24) is 4.98 Å². The smallest absolute Gasteiger partial charge is 0.218 e. The lowest BCUT2D eigenvalue weighted by atomic mass is 9.70. The van der Waals surface area contributed by atoms with Crippen molar-refractivity contribution in [2.45, 2.75) is 25.2 Å². The molecule has 1 aromatic carbocycles. The van der Waals surface area contributed by atoms with Crippen molar-refractivity contribution in [2.24, 2.45) is 5.73 Å².